The summed E-state index contributed by atoms with van der Waals surface area (Å²) in [6, 6.07) is 5.95. The van der Waals surface area contributed by atoms with Crippen LogP contribution in [0, 0.1) is 12.8 Å². The first-order chi connectivity index (χ1) is 14.3. The van der Waals surface area contributed by atoms with Gasteiger partial charge in [0.05, 0.1) is 23.1 Å². The normalized spacial score (nSPS) is 17.4. The summed E-state index contributed by atoms with van der Waals surface area (Å²) in [7, 11) is 0. The molecule has 0 atom stereocenters. The van der Waals surface area contributed by atoms with Crippen LogP contribution in [0.25, 0.3) is 5.69 Å². The van der Waals surface area contributed by atoms with Gasteiger partial charge in [-0.15, -0.1) is 0 Å². The van der Waals surface area contributed by atoms with Crippen LogP contribution in [0.1, 0.15) is 67.1 Å². The van der Waals surface area contributed by atoms with Crippen molar-refractivity contribution in [3.05, 3.63) is 46.2 Å². The zero-order valence-corrected chi connectivity index (χ0v) is 18.6. The van der Waals surface area contributed by atoms with Crippen LogP contribution >= 0.6 is 11.6 Å². The average Bonchev–Trinajstić information content (AvgIpc) is 3.47. The fourth-order valence-electron chi connectivity index (χ4n) is 4.07. The molecule has 1 saturated carbocycles. The number of carbonyl (C=O) groups excluding carboxylic acids is 2. The second kappa shape index (κ2) is 8.42. The summed E-state index contributed by atoms with van der Waals surface area (Å²) < 4.78 is 1.86. The van der Waals surface area contributed by atoms with Gasteiger partial charge in [-0.2, -0.15) is 5.10 Å². The fraction of sp³-hybridized carbons (Fsp3) is 0.522. The topological polar surface area (TPSA) is 67.2 Å². The Hall–Kier alpha value is -2.34. The Balaban J connectivity index is 1.48. The minimum Gasteiger partial charge on any atom is -0.349 e. The lowest BCUT2D eigenvalue weighted by Crippen LogP contribution is -2.47. The van der Waals surface area contributed by atoms with E-state index in [4.69, 9.17) is 11.6 Å². The lowest BCUT2D eigenvalue weighted by molar-refractivity contribution is -0.135. The van der Waals surface area contributed by atoms with E-state index >= 15 is 0 Å². The highest BCUT2D eigenvalue weighted by Crippen LogP contribution is 2.42. The smallest absolute Gasteiger partial charge is 0.255 e. The molecule has 0 unspecified atom stereocenters. The van der Waals surface area contributed by atoms with E-state index in [1.54, 1.807) is 6.20 Å². The first kappa shape index (κ1) is 20.9. The Kier molecular flexibility index (Phi) is 5.87. The Morgan fingerprint density at radius 3 is 2.47 bits per heavy atom. The number of carbonyl (C=O) groups is 2. The SMILES string of the molecule is Cc1ccc(-n2ncc(C(=O)NC3CCN(C(=O)C(C)C)CC3)c2C2CC2)cc1Cl. The van der Waals surface area contributed by atoms with E-state index in [1.165, 1.54) is 0 Å². The Bertz CT molecular complexity index is 956. The lowest BCUT2D eigenvalue weighted by atomic mass is 10.0. The van der Waals surface area contributed by atoms with E-state index in [1.807, 2.05) is 48.6 Å². The fourth-order valence-corrected chi connectivity index (χ4v) is 4.25. The second-order valence-corrected chi connectivity index (χ2v) is 9.20. The van der Waals surface area contributed by atoms with Crippen molar-refractivity contribution in [2.75, 3.05) is 13.1 Å². The largest absolute Gasteiger partial charge is 0.349 e. The van der Waals surface area contributed by atoms with Crippen LogP contribution in [0.5, 0.6) is 0 Å². The van der Waals surface area contributed by atoms with Crippen LogP contribution in [-0.4, -0.2) is 45.6 Å². The number of benzene rings is 1. The van der Waals surface area contributed by atoms with Gasteiger partial charge in [-0.25, -0.2) is 4.68 Å². The third-order valence-electron chi connectivity index (χ3n) is 6.05. The van der Waals surface area contributed by atoms with E-state index in [9.17, 15) is 9.59 Å². The third kappa shape index (κ3) is 4.24. The predicted octanol–water partition coefficient (Wildman–Crippen LogP) is 4.09. The van der Waals surface area contributed by atoms with Crippen molar-refractivity contribution in [3.63, 3.8) is 0 Å². The van der Waals surface area contributed by atoms with Crippen LogP contribution in [0.2, 0.25) is 5.02 Å². The molecule has 0 radical (unpaired) electrons. The number of rotatable bonds is 5. The third-order valence-corrected chi connectivity index (χ3v) is 6.46. The monoisotopic (exact) mass is 428 g/mol. The van der Waals surface area contributed by atoms with Crippen molar-refractivity contribution < 1.29 is 9.59 Å². The van der Waals surface area contributed by atoms with Crippen LogP contribution < -0.4 is 5.32 Å². The van der Waals surface area contributed by atoms with Gasteiger partial charge >= 0.3 is 0 Å². The van der Waals surface area contributed by atoms with Gasteiger partial charge in [0.15, 0.2) is 0 Å². The van der Waals surface area contributed by atoms with E-state index in [0.717, 1.165) is 42.6 Å². The maximum absolute atomic E-state index is 13.1. The van der Waals surface area contributed by atoms with E-state index < -0.39 is 0 Å². The van der Waals surface area contributed by atoms with Crippen molar-refractivity contribution in [3.8, 4) is 5.69 Å². The molecular weight excluding hydrogens is 400 g/mol. The lowest BCUT2D eigenvalue weighted by Gasteiger charge is -2.33. The molecule has 0 bridgehead atoms. The first-order valence-electron chi connectivity index (χ1n) is 10.8. The molecule has 2 aliphatic rings. The van der Waals surface area contributed by atoms with Crippen molar-refractivity contribution in [1.29, 1.82) is 0 Å². The number of hydrogen-bond acceptors (Lipinski definition) is 3. The molecule has 1 saturated heterocycles. The molecule has 160 valence electrons. The predicted molar refractivity (Wildman–Crippen MR) is 117 cm³/mol. The van der Waals surface area contributed by atoms with Gasteiger partial charge in [-0.05, 0) is 50.3 Å². The van der Waals surface area contributed by atoms with Gasteiger partial charge < -0.3 is 10.2 Å². The van der Waals surface area contributed by atoms with Crippen molar-refractivity contribution in [1.82, 2.24) is 20.0 Å². The molecule has 30 heavy (non-hydrogen) atoms. The van der Waals surface area contributed by atoms with Crippen LogP contribution in [0.3, 0.4) is 0 Å². The minimum absolute atomic E-state index is 0.0124. The highest BCUT2D eigenvalue weighted by atomic mass is 35.5. The summed E-state index contributed by atoms with van der Waals surface area (Å²) in [5.41, 5.74) is 3.52. The molecule has 0 spiro atoms. The number of piperidine rings is 1. The summed E-state index contributed by atoms with van der Waals surface area (Å²) in [5.74, 6) is 0.487. The highest BCUT2D eigenvalue weighted by Gasteiger charge is 2.34. The number of likely N-dealkylation sites (tertiary alicyclic amines) is 1. The molecule has 2 aromatic rings. The van der Waals surface area contributed by atoms with Crippen LogP contribution in [-0.2, 0) is 4.79 Å². The van der Waals surface area contributed by atoms with Crippen molar-refractivity contribution in [2.45, 2.75) is 58.4 Å². The molecule has 1 aromatic heterocycles. The van der Waals surface area contributed by atoms with Gasteiger partial charge in [0.1, 0.15) is 0 Å². The zero-order valence-electron chi connectivity index (χ0n) is 17.8. The van der Waals surface area contributed by atoms with Gasteiger partial charge in [0, 0.05) is 36.0 Å². The Labute approximate surface area is 182 Å². The number of halogens is 1. The van der Waals surface area contributed by atoms with Gasteiger partial charge in [0.2, 0.25) is 5.91 Å². The van der Waals surface area contributed by atoms with E-state index in [0.29, 0.717) is 29.6 Å². The Morgan fingerprint density at radius 1 is 1.17 bits per heavy atom. The van der Waals surface area contributed by atoms with E-state index in [-0.39, 0.29) is 23.8 Å². The van der Waals surface area contributed by atoms with Gasteiger partial charge in [-0.3, -0.25) is 9.59 Å². The summed E-state index contributed by atoms with van der Waals surface area (Å²) >= 11 is 6.31. The molecule has 1 aliphatic heterocycles. The molecule has 4 rings (SSSR count). The van der Waals surface area contributed by atoms with Crippen molar-refractivity contribution >= 4 is 23.4 Å². The molecule has 2 heterocycles. The zero-order chi connectivity index (χ0) is 21.4. The van der Waals surface area contributed by atoms with Gasteiger partial charge in [0.25, 0.3) is 5.91 Å². The van der Waals surface area contributed by atoms with E-state index in [2.05, 4.69) is 10.4 Å². The van der Waals surface area contributed by atoms with Gasteiger partial charge in [-0.1, -0.05) is 31.5 Å². The summed E-state index contributed by atoms with van der Waals surface area (Å²) in [6.07, 6.45) is 5.38. The molecule has 1 N–H and O–H groups in total. The van der Waals surface area contributed by atoms with Crippen molar-refractivity contribution in [2.24, 2.45) is 5.92 Å². The number of aryl methyl sites for hydroxylation is 1. The molecule has 2 amide bonds. The highest BCUT2D eigenvalue weighted by molar-refractivity contribution is 6.31. The summed E-state index contributed by atoms with van der Waals surface area (Å²) in [5, 5.41) is 8.40. The number of amides is 2. The maximum atomic E-state index is 13.1. The van der Waals surface area contributed by atoms with Crippen LogP contribution in [0.15, 0.2) is 24.4 Å². The Morgan fingerprint density at radius 2 is 1.87 bits per heavy atom. The molecule has 6 nitrogen and oxygen atoms in total. The molecule has 1 aliphatic carbocycles. The number of aromatic nitrogens is 2. The standard InChI is InChI=1S/C23H29ClN4O2/c1-14(2)23(30)27-10-8-17(9-11-27)26-22(29)19-13-25-28(21(19)16-5-6-16)18-7-4-15(3)20(24)12-18/h4,7,12-14,16-17H,5-6,8-11H2,1-3H3,(H,26,29). The number of nitrogens with one attached hydrogen (secondary N) is 1. The molecule has 2 fully saturated rings. The molecular formula is C23H29ClN4O2. The summed E-state index contributed by atoms with van der Waals surface area (Å²) in [6.45, 7) is 7.20. The van der Waals surface area contributed by atoms with Crippen LogP contribution in [0.4, 0.5) is 0 Å². The second-order valence-electron chi connectivity index (χ2n) is 8.79. The number of nitrogens with zero attached hydrogens (tertiary/aromatic N) is 3. The average molecular weight is 429 g/mol. The number of hydrogen-bond donors (Lipinski definition) is 1. The first-order valence-corrected chi connectivity index (χ1v) is 11.2. The minimum atomic E-state index is -0.0741. The summed E-state index contributed by atoms with van der Waals surface area (Å²) in [4.78, 5) is 27.2. The maximum Gasteiger partial charge on any atom is 0.255 e. The molecule has 7 heteroatoms. The molecule has 1 aromatic carbocycles. The quantitative estimate of drug-likeness (QED) is 0.779.